The molecule has 0 saturated heterocycles. The monoisotopic (exact) mass is 265 g/mol. The molecule has 0 saturated carbocycles. The number of nitrogens with zero attached hydrogens (tertiary/aromatic N) is 2. The lowest BCUT2D eigenvalue weighted by molar-refractivity contribution is 0.209. The number of thiophene rings is 1. The van der Waals surface area contributed by atoms with Crippen LogP contribution in [0.3, 0.4) is 0 Å². The van der Waals surface area contributed by atoms with Crippen LogP contribution in [-0.2, 0) is 0 Å². The summed E-state index contributed by atoms with van der Waals surface area (Å²) in [5, 5.41) is 8.42. The van der Waals surface area contributed by atoms with Crippen molar-refractivity contribution in [1.82, 2.24) is 10.1 Å². The Morgan fingerprint density at radius 1 is 1.61 bits per heavy atom. The lowest BCUT2D eigenvalue weighted by Gasteiger charge is -2.23. The number of anilines is 1. The van der Waals surface area contributed by atoms with E-state index in [1.165, 1.54) is 0 Å². The first kappa shape index (κ1) is 12.6. The second kappa shape index (κ2) is 5.22. The van der Waals surface area contributed by atoms with Gasteiger partial charge in [-0.15, -0.1) is 11.3 Å². The van der Waals surface area contributed by atoms with E-state index in [0.29, 0.717) is 11.6 Å². The van der Waals surface area contributed by atoms with Crippen LogP contribution in [0.4, 0.5) is 10.6 Å². The number of aromatic nitrogens is 1. The van der Waals surface area contributed by atoms with Crippen molar-refractivity contribution in [3.8, 4) is 0 Å². The molecule has 2 aromatic heterocycles. The van der Waals surface area contributed by atoms with Crippen LogP contribution in [0, 0.1) is 6.92 Å². The van der Waals surface area contributed by atoms with Crippen LogP contribution in [0.1, 0.15) is 23.6 Å². The molecular formula is C12H15N3O2S. The molecule has 0 spiro atoms. The number of hydrogen-bond donors (Lipinski definition) is 1. The molecule has 0 fully saturated rings. The molecule has 2 aromatic rings. The van der Waals surface area contributed by atoms with E-state index < -0.39 is 0 Å². The van der Waals surface area contributed by atoms with Crippen molar-refractivity contribution in [2.75, 3.05) is 12.4 Å². The third kappa shape index (κ3) is 2.70. The molecule has 0 aliphatic rings. The Labute approximate surface area is 109 Å². The van der Waals surface area contributed by atoms with Gasteiger partial charge in [0, 0.05) is 18.0 Å². The number of carbonyl (C=O) groups is 1. The normalized spacial score (nSPS) is 12.2. The molecule has 0 aromatic carbocycles. The van der Waals surface area contributed by atoms with Gasteiger partial charge in [-0.25, -0.2) is 4.79 Å². The Morgan fingerprint density at radius 3 is 2.94 bits per heavy atom. The predicted molar refractivity (Wildman–Crippen MR) is 70.8 cm³/mol. The molecule has 2 rings (SSSR count). The molecule has 1 N–H and O–H groups in total. The predicted octanol–water partition coefficient (Wildman–Crippen LogP) is 3.27. The Kier molecular flexibility index (Phi) is 3.66. The summed E-state index contributed by atoms with van der Waals surface area (Å²) in [7, 11) is 1.76. The number of carbonyl (C=O) groups excluding carboxylic acids is 1. The van der Waals surface area contributed by atoms with Crippen molar-refractivity contribution < 1.29 is 9.32 Å². The average molecular weight is 265 g/mol. The van der Waals surface area contributed by atoms with Gasteiger partial charge in [0.2, 0.25) is 0 Å². The van der Waals surface area contributed by atoms with Crippen molar-refractivity contribution in [1.29, 1.82) is 0 Å². The van der Waals surface area contributed by atoms with Gasteiger partial charge in [-0.3, -0.25) is 5.32 Å². The van der Waals surface area contributed by atoms with Gasteiger partial charge in [0.15, 0.2) is 5.82 Å². The minimum Gasteiger partial charge on any atom is -0.360 e. The quantitative estimate of drug-likeness (QED) is 0.926. The van der Waals surface area contributed by atoms with Gasteiger partial charge in [0.05, 0.1) is 6.04 Å². The Hall–Kier alpha value is -1.82. The summed E-state index contributed by atoms with van der Waals surface area (Å²) in [5.74, 6) is 1.10. The van der Waals surface area contributed by atoms with Crippen LogP contribution in [0.25, 0.3) is 0 Å². The van der Waals surface area contributed by atoms with E-state index in [0.717, 1.165) is 4.88 Å². The molecule has 5 nitrogen and oxygen atoms in total. The number of amides is 2. The molecule has 96 valence electrons. The standard InChI is InChI=1S/C12H15N3O2S/c1-8-7-11(14-17-8)13-12(16)15(3)9(2)10-5-4-6-18-10/h4-7,9H,1-3H3,(H,13,14,16). The molecule has 2 heterocycles. The molecule has 2 amide bonds. The summed E-state index contributed by atoms with van der Waals surface area (Å²) in [4.78, 5) is 14.8. The van der Waals surface area contributed by atoms with Crippen molar-refractivity contribution in [2.45, 2.75) is 19.9 Å². The lowest BCUT2D eigenvalue weighted by Crippen LogP contribution is -2.33. The van der Waals surface area contributed by atoms with Gasteiger partial charge in [-0.05, 0) is 25.3 Å². The summed E-state index contributed by atoms with van der Waals surface area (Å²) in [6.45, 7) is 3.76. The molecule has 6 heteroatoms. The number of aryl methyl sites for hydroxylation is 1. The SMILES string of the molecule is Cc1cc(NC(=O)N(C)C(C)c2cccs2)no1. The van der Waals surface area contributed by atoms with Crippen molar-refractivity contribution >= 4 is 23.2 Å². The lowest BCUT2D eigenvalue weighted by atomic mass is 10.2. The van der Waals surface area contributed by atoms with E-state index in [1.54, 1.807) is 36.3 Å². The number of rotatable bonds is 3. The summed E-state index contributed by atoms with van der Waals surface area (Å²) < 4.78 is 4.90. The first-order valence-corrected chi connectivity index (χ1v) is 6.46. The van der Waals surface area contributed by atoms with Gasteiger partial charge >= 0.3 is 6.03 Å². The fraction of sp³-hybridized carbons (Fsp3) is 0.333. The third-order valence-corrected chi connectivity index (χ3v) is 3.76. The number of hydrogen-bond acceptors (Lipinski definition) is 4. The number of nitrogens with one attached hydrogen (secondary N) is 1. The molecule has 0 aliphatic heterocycles. The summed E-state index contributed by atoms with van der Waals surface area (Å²) >= 11 is 1.63. The first-order valence-electron chi connectivity index (χ1n) is 5.58. The van der Waals surface area contributed by atoms with Crippen molar-refractivity contribution in [3.05, 3.63) is 34.2 Å². The number of urea groups is 1. The largest absolute Gasteiger partial charge is 0.360 e. The van der Waals surface area contributed by atoms with E-state index in [1.807, 2.05) is 24.4 Å². The highest BCUT2D eigenvalue weighted by Gasteiger charge is 2.18. The average Bonchev–Trinajstić information content (AvgIpc) is 2.98. The fourth-order valence-electron chi connectivity index (χ4n) is 1.52. The van der Waals surface area contributed by atoms with E-state index >= 15 is 0 Å². The van der Waals surface area contributed by atoms with Crippen molar-refractivity contribution in [3.63, 3.8) is 0 Å². The van der Waals surface area contributed by atoms with Crippen LogP contribution in [0.15, 0.2) is 28.1 Å². The van der Waals surface area contributed by atoms with Gasteiger partial charge in [0.1, 0.15) is 5.76 Å². The van der Waals surface area contributed by atoms with Crippen LogP contribution in [0.2, 0.25) is 0 Å². The third-order valence-electron chi connectivity index (χ3n) is 2.72. The maximum Gasteiger partial charge on any atom is 0.323 e. The van der Waals surface area contributed by atoms with Crippen LogP contribution in [-0.4, -0.2) is 23.1 Å². The zero-order valence-electron chi connectivity index (χ0n) is 10.5. The highest BCUT2D eigenvalue weighted by atomic mass is 32.1. The van der Waals surface area contributed by atoms with E-state index in [2.05, 4.69) is 10.5 Å². The Morgan fingerprint density at radius 2 is 2.39 bits per heavy atom. The minimum absolute atomic E-state index is 0.0259. The van der Waals surface area contributed by atoms with E-state index in [-0.39, 0.29) is 12.1 Å². The van der Waals surface area contributed by atoms with Gasteiger partial charge < -0.3 is 9.42 Å². The summed E-state index contributed by atoms with van der Waals surface area (Å²) in [5.41, 5.74) is 0. The molecule has 0 bridgehead atoms. The highest BCUT2D eigenvalue weighted by molar-refractivity contribution is 7.10. The van der Waals surface area contributed by atoms with Crippen molar-refractivity contribution in [2.24, 2.45) is 0 Å². The van der Waals surface area contributed by atoms with Gasteiger partial charge in [-0.2, -0.15) is 0 Å². The Bertz CT molecular complexity index is 521. The summed E-state index contributed by atoms with van der Waals surface area (Å²) in [6, 6.07) is 5.49. The zero-order chi connectivity index (χ0) is 13.1. The first-order chi connectivity index (χ1) is 8.58. The van der Waals surface area contributed by atoms with Crippen LogP contribution in [0.5, 0.6) is 0 Å². The van der Waals surface area contributed by atoms with Crippen LogP contribution < -0.4 is 5.32 Å². The molecule has 1 unspecified atom stereocenters. The molecular weight excluding hydrogens is 250 g/mol. The van der Waals surface area contributed by atoms with Crippen LogP contribution >= 0.6 is 11.3 Å². The maximum atomic E-state index is 12.0. The molecule has 18 heavy (non-hydrogen) atoms. The molecule has 0 aliphatic carbocycles. The molecule has 1 atom stereocenters. The second-order valence-electron chi connectivity index (χ2n) is 4.06. The molecule has 0 radical (unpaired) electrons. The Balaban J connectivity index is 2.00. The smallest absolute Gasteiger partial charge is 0.323 e. The van der Waals surface area contributed by atoms with E-state index in [9.17, 15) is 4.79 Å². The maximum absolute atomic E-state index is 12.0. The summed E-state index contributed by atoms with van der Waals surface area (Å²) in [6.07, 6.45) is 0. The fourth-order valence-corrected chi connectivity index (χ4v) is 2.35. The second-order valence-corrected chi connectivity index (χ2v) is 5.03. The zero-order valence-corrected chi connectivity index (χ0v) is 11.3. The minimum atomic E-state index is -0.204. The topological polar surface area (TPSA) is 58.4 Å². The van der Waals surface area contributed by atoms with Gasteiger partial charge in [0.25, 0.3) is 0 Å². The van der Waals surface area contributed by atoms with Gasteiger partial charge in [-0.1, -0.05) is 11.2 Å². The highest BCUT2D eigenvalue weighted by Crippen LogP contribution is 2.23. The van der Waals surface area contributed by atoms with E-state index in [4.69, 9.17) is 4.52 Å².